The van der Waals surface area contributed by atoms with Gasteiger partial charge in [-0.1, -0.05) is 0 Å². The van der Waals surface area contributed by atoms with Gasteiger partial charge in [0.25, 0.3) is 0 Å². The third-order valence-electron chi connectivity index (χ3n) is 6.23. The number of aromatic hydroxyl groups is 1. The number of pyridine rings is 2. The van der Waals surface area contributed by atoms with E-state index in [2.05, 4.69) is 15.2 Å². The van der Waals surface area contributed by atoms with Crippen molar-refractivity contribution in [2.45, 2.75) is 19.4 Å². The molecule has 2 aliphatic rings. The molecule has 0 bridgehead atoms. The maximum absolute atomic E-state index is 15.0. The van der Waals surface area contributed by atoms with Crippen LogP contribution in [0.4, 0.5) is 15.0 Å². The van der Waals surface area contributed by atoms with Gasteiger partial charge in [0, 0.05) is 27.9 Å². The zero-order valence-corrected chi connectivity index (χ0v) is 17.9. The fourth-order valence-corrected chi connectivity index (χ4v) is 4.65. The maximum atomic E-state index is 15.0. The molecular weight excluding hydrogens is 445 g/mol. The number of aromatic nitrogens is 4. The average Bonchev–Trinajstić information content (AvgIpc) is 3.46. The second-order valence-electron chi connectivity index (χ2n) is 8.22. The van der Waals surface area contributed by atoms with E-state index in [4.69, 9.17) is 9.47 Å². The van der Waals surface area contributed by atoms with Crippen LogP contribution in [0.15, 0.2) is 36.8 Å². The van der Waals surface area contributed by atoms with Crippen molar-refractivity contribution < 1.29 is 28.9 Å². The first-order chi connectivity index (χ1) is 16.4. The summed E-state index contributed by atoms with van der Waals surface area (Å²) in [6.45, 7) is 1.98. The van der Waals surface area contributed by atoms with Crippen LogP contribution in [0.2, 0.25) is 0 Å². The fourth-order valence-electron chi connectivity index (χ4n) is 4.65. The molecule has 0 saturated carbocycles. The number of hydrogen-bond donors (Lipinski definition) is 2. The van der Waals surface area contributed by atoms with Crippen LogP contribution < -0.4 is 14.4 Å². The predicted octanol–water partition coefficient (Wildman–Crippen LogP) is 3.50. The van der Waals surface area contributed by atoms with Gasteiger partial charge < -0.3 is 19.7 Å². The molecule has 10 nitrogen and oxygen atoms in total. The molecule has 2 aliphatic heterocycles. The van der Waals surface area contributed by atoms with Gasteiger partial charge in [0.1, 0.15) is 23.6 Å². The summed E-state index contributed by atoms with van der Waals surface area (Å²) in [5, 5.41) is 28.3. The number of carbonyl (C=O) groups is 1. The van der Waals surface area contributed by atoms with E-state index in [1.54, 1.807) is 25.1 Å². The smallest absolute Gasteiger partial charge is 0.413 e. The lowest BCUT2D eigenvalue weighted by Crippen LogP contribution is -2.31. The van der Waals surface area contributed by atoms with E-state index in [1.165, 1.54) is 23.0 Å². The molecule has 4 aromatic rings. The normalized spacial score (nSPS) is 16.6. The molecular formula is C23H18FN5O5. The van der Waals surface area contributed by atoms with Gasteiger partial charge in [-0.15, -0.1) is 10.2 Å². The van der Waals surface area contributed by atoms with Crippen LogP contribution in [0.3, 0.4) is 0 Å². The Kier molecular flexibility index (Phi) is 4.34. The minimum absolute atomic E-state index is 0.0311. The minimum Gasteiger partial charge on any atom is -0.506 e. The third kappa shape index (κ3) is 2.93. The number of benzene rings is 1. The molecule has 172 valence electrons. The van der Waals surface area contributed by atoms with Crippen molar-refractivity contribution in [2.75, 3.05) is 18.1 Å². The van der Waals surface area contributed by atoms with Crippen LogP contribution in [0.1, 0.15) is 22.7 Å². The maximum Gasteiger partial charge on any atom is 0.413 e. The lowest BCUT2D eigenvalue weighted by Gasteiger charge is -2.24. The molecule has 1 atom stereocenters. The first kappa shape index (κ1) is 20.2. The molecule has 11 heteroatoms. The molecule has 0 radical (unpaired) electrons. The van der Waals surface area contributed by atoms with E-state index in [0.29, 0.717) is 40.4 Å². The van der Waals surface area contributed by atoms with E-state index in [9.17, 15) is 19.4 Å². The molecule has 0 aliphatic carbocycles. The van der Waals surface area contributed by atoms with Crippen molar-refractivity contribution in [3.8, 4) is 28.4 Å². The summed E-state index contributed by atoms with van der Waals surface area (Å²) in [7, 11) is 0. The van der Waals surface area contributed by atoms with Gasteiger partial charge in [0.15, 0.2) is 17.2 Å². The van der Waals surface area contributed by atoms with Gasteiger partial charge in [-0.05, 0) is 31.2 Å². The van der Waals surface area contributed by atoms with E-state index in [1.807, 2.05) is 0 Å². The highest BCUT2D eigenvalue weighted by Gasteiger charge is 2.35. The van der Waals surface area contributed by atoms with Crippen LogP contribution in [0.5, 0.6) is 17.2 Å². The van der Waals surface area contributed by atoms with Crippen molar-refractivity contribution >= 4 is 17.6 Å². The fraction of sp³-hybridized carbons (Fsp3) is 0.217. The zero-order valence-electron chi connectivity index (χ0n) is 17.9. The number of halogens is 1. The van der Waals surface area contributed by atoms with Crippen LogP contribution >= 0.6 is 0 Å². The molecule has 6 rings (SSSR count). The number of rotatable bonds is 1. The monoisotopic (exact) mass is 463 g/mol. The summed E-state index contributed by atoms with van der Waals surface area (Å²) in [5.74, 6) is 0.108. The average molecular weight is 463 g/mol. The Hall–Kier alpha value is -4.41. The quantitative estimate of drug-likeness (QED) is 0.440. The highest BCUT2D eigenvalue weighted by atomic mass is 19.1. The Balaban J connectivity index is 1.62. The topological polar surface area (TPSA) is 122 Å². The third-order valence-corrected chi connectivity index (χ3v) is 6.23. The van der Waals surface area contributed by atoms with Gasteiger partial charge >= 0.3 is 6.09 Å². The Morgan fingerprint density at radius 3 is 2.76 bits per heavy atom. The Bertz CT molecular complexity index is 1490. The summed E-state index contributed by atoms with van der Waals surface area (Å²) < 4.78 is 28.3. The molecule has 2 N–H and O–H groups in total. The minimum atomic E-state index is -1.29. The van der Waals surface area contributed by atoms with Gasteiger partial charge in [-0.2, -0.15) is 0 Å². The number of carboxylic acid groups (broad SMARTS) is 1. The van der Waals surface area contributed by atoms with Crippen LogP contribution in [-0.2, 0) is 6.54 Å². The molecule has 1 aromatic carbocycles. The summed E-state index contributed by atoms with van der Waals surface area (Å²) in [5.41, 5.74) is 2.97. The molecule has 0 unspecified atom stereocenters. The number of anilines is 1. The van der Waals surface area contributed by atoms with Crippen LogP contribution in [0.25, 0.3) is 16.8 Å². The molecule has 0 spiro atoms. The first-order valence-corrected chi connectivity index (χ1v) is 10.5. The number of aryl methyl sites for hydroxylation is 1. The molecule has 34 heavy (non-hydrogen) atoms. The Morgan fingerprint density at radius 1 is 1.18 bits per heavy atom. The number of fused-ring (bicyclic) bond motifs is 3. The second-order valence-corrected chi connectivity index (χ2v) is 8.22. The van der Waals surface area contributed by atoms with Crippen molar-refractivity contribution in [3.63, 3.8) is 0 Å². The molecule has 1 amide bonds. The second kappa shape index (κ2) is 7.30. The standard InChI is InChI=1S/C23H18FN5O5/c1-11-14(4-13(30)6-25-11)15-5-19-22(29-10-26-27-21(15)29)28(23(31)32)7-16-17(24)2-3-18-20(16)12(8-33-18)9-34-19/h2-6,10,12,30H,7-9H2,1H3,(H,31,32)/t12-/m0/s1. The van der Waals surface area contributed by atoms with Crippen molar-refractivity contribution in [1.29, 1.82) is 0 Å². The SMILES string of the molecule is Cc1ncc(O)cc1-c1cc2c(n3cnnc13)N(C(=O)O)Cc1c(F)ccc3c1[C@@H](CO3)CO2. The van der Waals surface area contributed by atoms with E-state index in [0.717, 1.165) is 4.90 Å². The summed E-state index contributed by atoms with van der Waals surface area (Å²) in [6.07, 6.45) is 1.42. The van der Waals surface area contributed by atoms with Crippen molar-refractivity contribution in [3.05, 3.63) is 59.4 Å². The van der Waals surface area contributed by atoms with Gasteiger partial charge in [-0.3, -0.25) is 14.3 Å². The van der Waals surface area contributed by atoms with Gasteiger partial charge in [0.05, 0.1) is 31.9 Å². The van der Waals surface area contributed by atoms with Gasteiger partial charge in [-0.25, -0.2) is 9.18 Å². The molecule has 0 fully saturated rings. The number of ether oxygens (including phenoxy) is 2. The highest BCUT2D eigenvalue weighted by Crippen LogP contribution is 2.44. The summed E-state index contributed by atoms with van der Waals surface area (Å²) in [6, 6.07) is 6.04. The van der Waals surface area contributed by atoms with E-state index >= 15 is 0 Å². The Labute approximate surface area is 191 Å². The van der Waals surface area contributed by atoms with Gasteiger partial charge in [0.2, 0.25) is 0 Å². The van der Waals surface area contributed by atoms with Crippen molar-refractivity contribution in [1.82, 2.24) is 19.6 Å². The molecule has 0 saturated heterocycles. The number of amides is 1. The van der Waals surface area contributed by atoms with E-state index in [-0.39, 0.29) is 41.9 Å². The lowest BCUT2D eigenvalue weighted by molar-refractivity contribution is 0.200. The predicted molar refractivity (Wildman–Crippen MR) is 117 cm³/mol. The highest BCUT2D eigenvalue weighted by molar-refractivity contribution is 5.91. The summed E-state index contributed by atoms with van der Waals surface area (Å²) >= 11 is 0. The lowest BCUT2D eigenvalue weighted by atomic mass is 9.95. The van der Waals surface area contributed by atoms with Crippen LogP contribution in [0, 0.1) is 12.7 Å². The van der Waals surface area contributed by atoms with Crippen LogP contribution in [-0.4, -0.2) is 49.1 Å². The van der Waals surface area contributed by atoms with E-state index < -0.39 is 11.9 Å². The largest absolute Gasteiger partial charge is 0.506 e. The van der Waals surface area contributed by atoms with Crippen molar-refractivity contribution in [2.24, 2.45) is 0 Å². The number of hydrogen-bond acceptors (Lipinski definition) is 7. The molecule has 3 aromatic heterocycles. The zero-order chi connectivity index (χ0) is 23.6. The molecule has 5 heterocycles. The summed E-state index contributed by atoms with van der Waals surface area (Å²) in [4.78, 5) is 17.7. The number of nitrogens with zero attached hydrogens (tertiary/aromatic N) is 5. The Morgan fingerprint density at radius 2 is 1.97 bits per heavy atom. The first-order valence-electron chi connectivity index (χ1n) is 10.5.